The van der Waals surface area contributed by atoms with E-state index in [1.54, 1.807) is 13.0 Å². The number of nitrogens with one attached hydrogen (secondary N) is 1. The van der Waals surface area contributed by atoms with Crippen LogP contribution in [-0.2, 0) is 10.0 Å². The quantitative estimate of drug-likeness (QED) is 0.787. The van der Waals surface area contributed by atoms with Crippen molar-refractivity contribution in [1.82, 2.24) is 4.72 Å². The van der Waals surface area contributed by atoms with Crippen LogP contribution in [0.3, 0.4) is 0 Å². The Morgan fingerprint density at radius 3 is 2.73 bits per heavy atom. The molecule has 1 aliphatic rings. The molecule has 6 heteroatoms. The van der Waals surface area contributed by atoms with Crippen LogP contribution in [0.1, 0.15) is 48.0 Å². The van der Waals surface area contributed by atoms with Crippen molar-refractivity contribution in [1.29, 1.82) is 0 Å². The molecule has 3 N–H and O–H groups in total. The van der Waals surface area contributed by atoms with Crippen LogP contribution in [0.5, 0.6) is 0 Å². The molecule has 2 rings (SSSR count). The summed E-state index contributed by atoms with van der Waals surface area (Å²) in [5.74, 6) is -0.623. The standard InChI is InChI=1S/C16H22N2O3S/c1-12-7-8-14(11-15(12)16(17)19)22(20,21)18-10-9-13-5-3-2-4-6-13/h5,7-8,11,18H,2-4,6,9-10H2,1H3,(H2,17,19). The Balaban J connectivity index is 2.05. The molecular formula is C16H22N2O3S. The maximum Gasteiger partial charge on any atom is 0.249 e. The van der Waals surface area contributed by atoms with Gasteiger partial charge in [-0.2, -0.15) is 0 Å². The molecule has 1 aromatic rings. The van der Waals surface area contributed by atoms with Gasteiger partial charge in [-0.15, -0.1) is 0 Å². The largest absolute Gasteiger partial charge is 0.366 e. The smallest absolute Gasteiger partial charge is 0.249 e. The van der Waals surface area contributed by atoms with Gasteiger partial charge in [0.2, 0.25) is 15.9 Å². The molecule has 0 saturated carbocycles. The SMILES string of the molecule is Cc1ccc(S(=O)(=O)NCCC2=CCCCC2)cc1C(N)=O. The molecule has 0 radical (unpaired) electrons. The van der Waals surface area contributed by atoms with Crippen LogP contribution in [0.2, 0.25) is 0 Å². The number of hydrogen-bond donors (Lipinski definition) is 2. The Kier molecular flexibility index (Phi) is 5.37. The molecule has 0 aliphatic heterocycles. The summed E-state index contributed by atoms with van der Waals surface area (Å²) in [5.41, 5.74) is 7.48. The molecule has 0 saturated heterocycles. The van der Waals surface area contributed by atoms with E-state index in [0.717, 1.165) is 19.3 Å². The number of benzene rings is 1. The van der Waals surface area contributed by atoms with Crippen LogP contribution in [0.4, 0.5) is 0 Å². The summed E-state index contributed by atoms with van der Waals surface area (Å²) in [5, 5.41) is 0. The van der Waals surface area contributed by atoms with E-state index < -0.39 is 15.9 Å². The van der Waals surface area contributed by atoms with Crippen molar-refractivity contribution in [3.05, 3.63) is 41.0 Å². The van der Waals surface area contributed by atoms with Crippen LogP contribution in [0.15, 0.2) is 34.7 Å². The van der Waals surface area contributed by atoms with Crippen LogP contribution < -0.4 is 10.5 Å². The first-order valence-electron chi connectivity index (χ1n) is 7.48. The normalized spacial score (nSPS) is 15.4. The van der Waals surface area contributed by atoms with Crippen molar-refractivity contribution >= 4 is 15.9 Å². The van der Waals surface area contributed by atoms with Gasteiger partial charge in [0, 0.05) is 12.1 Å². The molecule has 1 amide bonds. The summed E-state index contributed by atoms with van der Waals surface area (Å²) in [6, 6.07) is 4.42. The number of carbonyl (C=O) groups excluding carboxylic acids is 1. The topological polar surface area (TPSA) is 89.3 Å². The highest BCUT2D eigenvalue weighted by molar-refractivity contribution is 7.89. The second-order valence-corrected chi connectivity index (χ2v) is 7.36. The van der Waals surface area contributed by atoms with Gasteiger partial charge in [0.25, 0.3) is 0 Å². The molecule has 1 aromatic carbocycles. The third-order valence-corrected chi connectivity index (χ3v) is 5.37. The van der Waals surface area contributed by atoms with Crippen LogP contribution >= 0.6 is 0 Å². The third kappa shape index (κ3) is 4.18. The second kappa shape index (κ2) is 7.07. The first kappa shape index (κ1) is 16.7. The first-order valence-corrected chi connectivity index (χ1v) is 8.96. The Morgan fingerprint density at radius 2 is 2.09 bits per heavy atom. The van der Waals surface area contributed by atoms with E-state index in [1.165, 1.54) is 30.5 Å². The molecule has 0 heterocycles. The van der Waals surface area contributed by atoms with Crippen molar-refractivity contribution in [2.45, 2.75) is 43.9 Å². The summed E-state index contributed by atoms with van der Waals surface area (Å²) in [4.78, 5) is 11.4. The van der Waals surface area contributed by atoms with Gasteiger partial charge in [0.05, 0.1) is 4.90 Å². The monoisotopic (exact) mass is 322 g/mol. The lowest BCUT2D eigenvalue weighted by atomic mass is 9.97. The maximum atomic E-state index is 12.3. The number of primary amides is 1. The fourth-order valence-electron chi connectivity index (χ4n) is 2.59. The fourth-order valence-corrected chi connectivity index (χ4v) is 3.65. The Morgan fingerprint density at radius 1 is 1.32 bits per heavy atom. The van der Waals surface area contributed by atoms with E-state index in [-0.39, 0.29) is 10.5 Å². The molecule has 120 valence electrons. The molecule has 0 aromatic heterocycles. The number of aryl methyl sites for hydroxylation is 1. The maximum absolute atomic E-state index is 12.3. The van der Waals surface area contributed by atoms with Gasteiger partial charge in [0.15, 0.2) is 0 Å². The number of hydrogen-bond acceptors (Lipinski definition) is 3. The van der Waals surface area contributed by atoms with Gasteiger partial charge >= 0.3 is 0 Å². The fraction of sp³-hybridized carbons (Fsp3) is 0.438. The lowest BCUT2D eigenvalue weighted by Gasteiger charge is -2.13. The molecule has 22 heavy (non-hydrogen) atoms. The number of amides is 1. The van der Waals surface area contributed by atoms with E-state index in [0.29, 0.717) is 12.1 Å². The zero-order chi connectivity index (χ0) is 16.2. The summed E-state index contributed by atoms with van der Waals surface area (Å²) >= 11 is 0. The van der Waals surface area contributed by atoms with Gasteiger partial charge < -0.3 is 5.73 Å². The van der Waals surface area contributed by atoms with Crippen LogP contribution in [0, 0.1) is 6.92 Å². The predicted octanol–water partition coefficient (Wildman–Crippen LogP) is 2.26. The van der Waals surface area contributed by atoms with E-state index >= 15 is 0 Å². The van der Waals surface area contributed by atoms with Crippen molar-refractivity contribution in [2.24, 2.45) is 5.73 Å². The lowest BCUT2D eigenvalue weighted by molar-refractivity contribution is 0.0999. The molecule has 0 atom stereocenters. The number of carbonyl (C=O) groups is 1. The molecule has 0 unspecified atom stereocenters. The van der Waals surface area contributed by atoms with Gasteiger partial charge in [0.1, 0.15) is 0 Å². The molecular weight excluding hydrogens is 300 g/mol. The van der Waals surface area contributed by atoms with Crippen LogP contribution in [-0.4, -0.2) is 20.9 Å². The predicted molar refractivity (Wildman–Crippen MR) is 86.1 cm³/mol. The van der Waals surface area contributed by atoms with Crippen molar-refractivity contribution < 1.29 is 13.2 Å². The summed E-state index contributed by atoms with van der Waals surface area (Å²) in [6.07, 6.45) is 7.47. The zero-order valence-corrected chi connectivity index (χ0v) is 13.6. The summed E-state index contributed by atoms with van der Waals surface area (Å²) in [6.45, 7) is 2.09. The highest BCUT2D eigenvalue weighted by Gasteiger charge is 2.17. The van der Waals surface area contributed by atoms with Crippen molar-refractivity contribution in [3.63, 3.8) is 0 Å². The van der Waals surface area contributed by atoms with Gasteiger partial charge in [-0.25, -0.2) is 13.1 Å². The summed E-state index contributed by atoms with van der Waals surface area (Å²) in [7, 11) is -3.62. The molecule has 0 bridgehead atoms. The molecule has 0 fully saturated rings. The Labute approximate surface area is 131 Å². The third-order valence-electron chi connectivity index (χ3n) is 3.91. The first-order chi connectivity index (χ1) is 10.4. The second-order valence-electron chi connectivity index (χ2n) is 5.60. The van der Waals surface area contributed by atoms with Gasteiger partial charge in [-0.05, 0) is 56.7 Å². The van der Waals surface area contributed by atoms with Crippen molar-refractivity contribution in [3.8, 4) is 0 Å². The van der Waals surface area contributed by atoms with Gasteiger partial charge in [-0.3, -0.25) is 4.79 Å². The number of rotatable bonds is 6. The highest BCUT2D eigenvalue weighted by Crippen LogP contribution is 2.20. The van der Waals surface area contributed by atoms with E-state index in [9.17, 15) is 13.2 Å². The zero-order valence-electron chi connectivity index (χ0n) is 12.8. The number of sulfonamides is 1. The van der Waals surface area contributed by atoms with E-state index in [4.69, 9.17) is 5.73 Å². The lowest BCUT2D eigenvalue weighted by Crippen LogP contribution is -2.26. The highest BCUT2D eigenvalue weighted by atomic mass is 32.2. The van der Waals surface area contributed by atoms with E-state index in [2.05, 4.69) is 10.8 Å². The minimum atomic E-state index is -3.62. The average Bonchev–Trinajstić information content (AvgIpc) is 2.48. The molecule has 1 aliphatic carbocycles. The summed E-state index contributed by atoms with van der Waals surface area (Å²) < 4.78 is 27.1. The molecule has 5 nitrogen and oxygen atoms in total. The minimum absolute atomic E-state index is 0.0736. The molecule has 0 spiro atoms. The number of allylic oxidation sites excluding steroid dienone is 1. The van der Waals surface area contributed by atoms with Gasteiger partial charge in [-0.1, -0.05) is 17.7 Å². The van der Waals surface area contributed by atoms with E-state index in [1.807, 2.05) is 0 Å². The van der Waals surface area contributed by atoms with Crippen molar-refractivity contribution in [2.75, 3.05) is 6.54 Å². The Hall–Kier alpha value is -1.66. The minimum Gasteiger partial charge on any atom is -0.366 e. The van der Waals surface area contributed by atoms with Crippen LogP contribution in [0.25, 0.3) is 0 Å². The Bertz CT molecular complexity index is 693. The number of nitrogens with two attached hydrogens (primary N) is 1. The average molecular weight is 322 g/mol.